The van der Waals surface area contributed by atoms with E-state index in [1.165, 1.54) is 6.20 Å². The number of carbonyl (C=O) groups is 1. The van der Waals surface area contributed by atoms with Gasteiger partial charge in [-0.2, -0.15) is 0 Å². The van der Waals surface area contributed by atoms with Gasteiger partial charge in [-0.15, -0.1) is 0 Å². The van der Waals surface area contributed by atoms with Crippen molar-refractivity contribution in [3.8, 4) is 11.6 Å². The van der Waals surface area contributed by atoms with Gasteiger partial charge < -0.3 is 9.47 Å². The van der Waals surface area contributed by atoms with Crippen LogP contribution in [0, 0.1) is 6.92 Å². The Labute approximate surface area is 112 Å². The third-order valence-corrected chi connectivity index (χ3v) is 2.46. The average Bonchev–Trinajstić information content (AvgIpc) is 2.39. The van der Waals surface area contributed by atoms with Gasteiger partial charge >= 0.3 is 5.97 Å². The number of hydrogen-bond acceptors (Lipinski definition) is 4. The zero-order chi connectivity index (χ0) is 13.7. The molecule has 0 amide bonds. The van der Waals surface area contributed by atoms with Crippen molar-refractivity contribution in [1.82, 2.24) is 4.98 Å². The molecule has 1 aromatic heterocycles. The van der Waals surface area contributed by atoms with Crippen LogP contribution in [0.3, 0.4) is 0 Å². The highest BCUT2D eigenvalue weighted by atomic mass is 16.5. The van der Waals surface area contributed by atoms with E-state index in [9.17, 15) is 4.79 Å². The second-order valence-corrected chi connectivity index (χ2v) is 4.02. The Kier molecular flexibility index (Phi) is 4.13. The van der Waals surface area contributed by atoms with E-state index >= 15 is 0 Å². The molecule has 1 aromatic carbocycles. The summed E-state index contributed by atoms with van der Waals surface area (Å²) < 4.78 is 10.5. The molecule has 2 aromatic rings. The fourth-order valence-electron chi connectivity index (χ4n) is 1.61. The average molecular weight is 257 g/mol. The first-order valence-electron chi connectivity index (χ1n) is 6.06. The van der Waals surface area contributed by atoms with Gasteiger partial charge in [-0.25, -0.2) is 9.78 Å². The first-order chi connectivity index (χ1) is 9.19. The third-order valence-electron chi connectivity index (χ3n) is 2.46. The van der Waals surface area contributed by atoms with Crippen LogP contribution in [0.4, 0.5) is 0 Å². The van der Waals surface area contributed by atoms with Crippen LogP contribution < -0.4 is 9.47 Å². The summed E-state index contributed by atoms with van der Waals surface area (Å²) in [7, 11) is 0. The number of aryl methyl sites for hydroxylation is 1. The topological polar surface area (TPSA) is 48.4 Å². The van der Waals surface area contributed by atoms with E-state index in [-0.39, 0.29) is 0 Å². The molecule has 2 rings (SSSR count). The summed E-state index contributed by atoms with van der Waals surface area (Å²) >= 11 is 0. The molecule has 4 heteroatoms. The molecule has 0 saturated carbocycles. The molecule has 4 nitrogen and oxygen atoms in total. The Morgan fingerprint density at radius 1 is 1.26 bits per heavy atom. The Hall–Kier alpha value is -2.36. The normalized spacial score (nSPS) is 10.0. The Bertz CT molecular complexity index is 581. The number of ether oxygens (including phenoxy) is 2. The van der Waals surface area contributed by atoms with E-state index in [0.29, 0.717) is 23.8 Å². The third kappa shape index (κ3) is 3.55. The number of nitrogens with zero attached hydrogens (tertiary/aromatic N) is 1. The van der Waals surface area contributed by atoms with E-state index in [1.54, 1.807) is 18.2 Å². The summed E-state index contributed by atoms with van der Waals surface area (Å²) in [4.78, 5) is 16.0. The van der Waals surface area contributed by atoms with Crippen LogP contribution in [-0.2, 0) is 0 Å². The lowest BCUT2D eigenvalue weighted by Crippen LogP contribution is -2.09. The van der Waals surface area contributed by atoms with Gasteiger partial charge in [-0.05, 0) is 37.6 Å². The number of pyridine rings is 1. The molecule has 0 bridgehead atoms. The monoisotopic (exact) mass is 257 g/mol. The number of hydrogen-bond donors (Lipinski definition) is 0. The molecule has 1 heterocycles. The lowest BCUT2D eigenvalue weighted by atomic mass is 10.2. The van der Waals surface area contributed by atoms with Gasteiger partial charge in [0.15, 0.2) is 0 Å². The fourth-order valence-corrected chi connectivity index (χ4v) is 1.61. The van der Waals surface area contributed by atoms with Gasteiger partial charge in [-0.3, -0.25) is 0 Å². The van der Waals surface area contributed by atoms with E-state index in [1.807, 2.05) is 32.0 Å². The molecule has 98 valence electrons. The number of rotatable bonds is 4. The zero-order valence-corrected chi connectivity index (χ0v) is 10.9. The quantitative estimate of drug-likeness (QED) is 0.624. The second-order valence-electron chi connectivity index (χ2n) is 4.02. The number of aromatic nitrogens is 1. The van der Waals surface area contributed by atoms with E-state index < -0.39 is 5.97 Å². The van der Waals surface area contributed by atoms with Crippen molar-refractivity contribution >= 4 is 5.97 Å². The van der Waals surface area contributed by atoms with Crippen molar-refractivity contribution in [3.63, 3.8) is 0 Å². The maximum absolute atomic E-state index is 12.0. The van der Waals surface area contributed by atoms with E-state index in [0.717, 1.165) is 5.56 Å². The molecule has 0 aliphatic heterocycles. The van der Waals surface area contributed by atoms with Crippen LogP contribution in [0.25, 0.3) is 0 Å². The molecule has 0 saturated heterocycles. The number of benzene rings is 1. The van der Waals surface area contributed by atoms with Crippen LogP contribution in [0.1, 0.15) is 22.8 Å². The van der Waals surface area contributed by atoms with Gasteiger partial charge in [-0.1, -0.05) is 12.1 Å². The SMILES string of the molecule is CCOc1cc(C(=O)Oc2cccc(C)c2)ccn1. The van der Waals surface area contributed by atoms with Gasteiger partial charge in [0, 0.05) is 12.3 Å². The summed E-state index contributed by atoms with van der Waals surface area (Å²) in [5, 5.41) is 0. The standard InChI is InChI=1S/C15H15NO3/c1-3-18-14-10-12(7-8-16-14)15(17)19-13-6-4-5-11(2)9-13/h4-10H,3H2,1-2H3. The molecular formula is C15H15NO3. The van der Waals surface area contributed by atoms with Gasteiger partial charge in [0.2, 0.25) is 5.88 Å². The molecule has 0 aliphatic rings. The van der Waals surface area contributed by atoms with Crippen molar-refractivity contribution in [1.29, 1.82) is 0 Å². The highest BCUT2D eigenvalue weighted by molar-refractivity contribution is 5.91. The van der Waals surface area contributed by atoms with Crippen LogP contribution in [-0.4, -0.2) is 17.6 Å². The Morgan fingerprint density at radius 3 is 2.84 bits per heavy atom. The van der Waals surface area contributed by atoms with Crippen molar-refractivity contribution in [2.75, 3.05) is 6.61 Å². The van der Waals surface area contributed by atoms with Crippen LogP contribution in [0.15, 0.2) is 42.6 Å². The molecule has 0 radical (unpaired) electrons. The molecule has 19 heavy (non-hydrogen) atoms. The highest BCUT2D eigenvalue weighted by Crippen LogP contribution is 2.16. The summed E-state index contributed by atoms with van der Waals surface area (Å²) in [6.45, 7) is 4.31. The van der Waals surface area contributed by atoms with Crippen molar-refractivity contribution < 1.29 is 14.3 Å². The van der Waals surface area contributed by atoms with Crippen LogP contribution in [0.5, 0.6) is 11.6 Å². The summed E-state index contributed by atoms with van der Waals surface area (Å²) in [6, 6.07) is 10.5. The highest BCUT2D eigenvalue weighted by Gasteiger charge is 2.10. The second kappa shape index (κ2) is 6.00. The lowest BCUT2D eigenvalue weighted by Gasteiger charge is -2.06. The molecule has 0 unspecified atom stereocenters. The van der Waals surface area contributed by atoms with E-state index in [2.05, 4.69) is 4.98 Å². The molecule has 0 spiro atoms. The number of carbonyl (C=O) groups excluding carboxylic acids is 1. The fraction of sp³-hybridized carbons (Fsp3) is 0.200. The molecule has 0 aliphatic carbocycles. The van der Waals surface area contributed by atoms with Crippen molar-refractivity contribution in [3.05, 3.63) is 53.7 Å². The lowest BCUT2D eigenvalue weighted by molar-refractivity contribution is 0.0734. The van der Waals surface area contributed by atoms with Gasteiger partial charge in [0.05, 0.1) is 12.2 Å². The van der Waals surface area contributed by atoms with Crippen molar-refractivity contribution in [2.24, 2.45) is 0 Å². The minimum atomic E-state index is -0.422. The minimum absolute atomic E-state index is 0.417. The van der Waals surface area contributed by atoms with Crippen molar-refractivity contribution in [2.45, 2.75) is 13.8 Å². The van der Waals surface area contributed by atoms with Crippen LogP contribution >= 0.6 is 0 Å². The maximum atomic E-state index is 12.0. The zero-order valence-electron chi connectivity index (χ0n) is 10.9. The Balaban J connectivity index is 2.13. The Morgan fingerprint density at radius 2 is 2.11 bits per heavy atom. The predicted octanol–water partition coefficient (Wildman–Crippen LogP) is 3.01. The van der Waals surface area contributed by atoms with Crippen LogP contribution in [0.2, 0.25) is 0 Å². The maximum Gasteiger partial charge on any atom is 0.343 e. The molecule has 0 fully saturated rings. The van der Waals surface area contributed by atoms with E-state index in [4.69, 9.17) is 9.47 Å². The largest absolute Gasteiger partial charge is 0.478 e. The molecular weight excluding hydrogens is 242 g/mol. The molecule has 0 N–H and O–H groups in total. The first-order valence-corrected chi connectivity index (χ1v) is 6.06. The van der Waals surface area contributed by atoms with Gasteiger partial charge in [0.25, 0.3) is 0 Å². The summed E-state index contributed by atoms with van der Waals surface area (Å²) in [6.07, 6.45) is 1.53. The number of esters is 1. The smallest absolute Gasteiger partial charge is 0.343 e. The summed E-state index contributed by atoms with van der Waals surface area (Å²) in [5.41, 5.74) is 1.45. The first kappa shape index (κ1) is 13.1. The molecule has 0 atom stereocenters. The van der Waals surface area contributed by atoms with Gasteiger partial charge in [0.1, 0.15) is 5.75 Å². The predicted molar refractivity (Wildman–Crippen MR) is 71.5 cm³/mol. The summed E-state index contributed by atoms with van der Waals surface area (Å²) in [5.74, 6) is 0.523. The minimum Gasteiger partial charge on any atom is -0.478 e.